The molecular weight excluding hydrogens is 192 g/mol. The molecule has 1 aromatic rings. The van der Waals surface area contributed by atoms with E-state index in [0.717, 1.165) is 13.1 Å². The highest BCUT2D eigenvalue weighted by Gasteiger charge is 2.22. The number of nitrogens with zero attached hydrogens (tertiary/aromatic N) is 1. The maximum Gasteiger partial charge on any atom is 0.0330 e. The lowest BCUT2D eigenvalue weighted by atomic mass is 10.0. The molecule has 0 atom stereocenters. The Morgan fingerprint density at radius 1 is 1.50 bits per heavy atom. The molecule has 1 rings (SSSR count). The van der Waals surface area contributed by atoms with Gasteiger partial charge in [-0.25, -0.2) is 0 Å². The van der Waals surface area contributed by atoms with E-state index in [1.165, 1.54) is 4.88 Å². The molecule has 0 bridgehead atoms. The lowest BCUT2D eigenvalue weighted by Gasteiger charge is -2.35. The van der Waals surface area contributed by atoms with Crippen LogP contribution in [0.4, 0.5) is 0 Å². The second kappa shape index (κ2) is 4.91. The predicted molar refractivity (Wildman–Crippen MR) is 63.8 cm³/mol. The zero-order valence-electron chi connectivity index (χ0n) is 9.50. The second-order valence-electron chi connectivity index (χ2n) is 4.28. The number of rotatable bonds is 5. The number of nitrogens with one attached hydrogen (secondary N) is 1. The number of thiophene rings is 1. The van der Waals surface area contributed by atoms with Crippen LogP contribution in [0.5, 0.6) is 0 Å². The Morgan fingerprint density at radius 2 is 2.21 bits per heavy atom. The van der Waals surface area contributed by atoms with Crippen LogP contribution in [0.1, 0.15) is 18.7 Å². The van der Waals surface area contributed by atoms with Crippen molar-refractivity contribution in [1.82, 2.24) is 10.2 Å². The van der Waals surface area contributed by atoms with Gasteiger partial charge in [0.25, 0.3) is 0 Å². The Hall–Kier alpha value is -0.380. The van der Waals surface area contributed by atoms with Crippen LogP contribution in [0.15, 0.2) is 17.5 Å². The fourth-order valence-electron chi connectivity index (χ4n) is 1.42. The van der Waals surface area contributed by atoms with Crippen molar-refractivity contribution >= 4 is 11.3 Å². The standard InChI is InChI=1S/C11H20N2S/c1-11(2,9-12-3)13(4)8-10-6-5-7-14-10/h5-7,12H,8-9H2,1-4H3. The molecule has 0 radical (unpaired) electrons. The van der Waals surface area contributed by atoms with Crippen LogP contribution in [0.2, 0.25) is 0 Å². The highest BCUT2D eigenvalue weighted by atomic mass is 32.1. The molecule has 0 aromatic carbocycles. The van der Waals surface area contributed by atoms with Gasteiger partial charge in [0.05, 0.1) is 0 Å². The van der Waals surface area contributed by atoms with Crippen LogP contribution >= 0.6 is 11.3 Å². The van der Waals surface area contributed by atoms with E-state index >= 15 is 0 Å². The molecule has 0 amide bonds. The minimum atomic E-state index is 0.207. The highest BCUT2D eigenvalue weighted by molar-refractivity contribution is 7.09. The van der Waals surface area contributed by atoms with E-state index in [0.29, 0.717) is 0 Å². The van der Waals surface area contributed by atoms with E-state index in [4.69, 9.17) is 0 Å². The molecule has 1 aromatic heterocycles. The molecule has 0 unspecified atom stereocenters. The van der Waals surface area contributed by atoms with E-state index < -0.39 is 0 Å². The molecule has 0 saturated carbocycles. The maximum atomic E-state index is 3.23. The first-order valence-corrected chi connectivity index (χ1v) is 5.82. The monoisotopic (exact) mass is 212 g/mol. The number of hydrogen-bond donors (Lipinski definition) is 1. The van der Waals surface area contributed by atoms with Gasteiger partial charge in [-0.15, -0.1) is 11.3 Å². The van der Waals surface area contributed by atoms with Crippen LogP contribution in [0, 0.1) is 0 Å². The molecule has 0 aliphatic rings. The summed E-state index contributed by atoms with van der Waals surface area (Å²) in [5, 5.41) is 5.36. The Morgan fingerprint density at radius 3 is 2.71 bits per heavy atom. The summed E-state index contributed by atoms with van der Waals surface area (Å²) in [6, 6.07) is 4.30. The molecule has 0 aliphatic carbocycles. The molecule has 1 heterocycles. The molecule has 14 heavy (non-hydrogen) atoms. The van der Waals surface area contributed by atoms with Crippen molar-refractivity contribution in [1.29, 1.82) is 0 Å². The quantitative estimate of drug-likeness (QED) is 0.805. The van der Waals surface area contributed by atoms with Crippen LogP contribution < -0.4 is 5.32 Å². The van der Waals surface area contributed by atoms with Gasteiger partial charge < -0.3 is 5.32 Å². The zero-order chi connectivity index (χ0) is 10.6. The van der Waals surface area contributed by atoms with Gasteiger partial charge in [0, 0.05) is 23.5 Å². The van der Waals surface area contributed by atoms with Gasteiger partial charge in [-0.3, -0.25) is 4.90 Å². The van der Waals surface area contributed by atoms with Gasteiger partial charge in [-0.2, -0.15) is 0 Å². The van der Waals surface area contributed by atoms with Crippen molar-refractivity contribution in [2.24, 2.45) is 0 Å². The maximum absolute atomic E-state index is 3.23. The largest absolute Gasteiger partial charge is 0.318 e. The summed E-state index contributed by atoms with van der Waals surface area (Å²) in [7, 11) is 4.18. The van der Waals surface area contributed by atoms with E-state index in [1.54, 1.807) is 0 Å². The normalized spacial score (nSPS) is 12.4. The third-order valence-corrected chi connectivity index (χ3v) is 3.48. The minimum Gasteiger partial charge on any atom is -0.318 e. The van der Waals surface area contributed by atoms with Crippen molar-refractivity contribution in [3.05, 3.63) is 22.4 Å². The number of hydrogen-bond acceptors (Lipinski definition) is 3. The molecule has 3 heteroatoms. The van der Waals surface area contributed by atoms with Crippen LogP contribution in [0.25, 0.3) is 0 Å². The molecular formula is C11H20N2S. The smallest absolute Gasteiger partial charge is 0.0330 e. The fourth-order valence-corrected chi connectivity index (χ4v) is 2.18. The van der Waals surface area contributed by atoms with Gasteiger partial charge in [0.2, 0.25) is 0 Å². The van der Waals surface area contributed by atoms with Crippen molar-refractivity contribution in [2.75, 3.05) is 20.6 Å². The zero-order valence-corrected chi connectivity index (χ0v) is 10.3. The number of likely N-dealkylation sites (N-methyl/N-ethyl adjacent to an activating group) is 2. The Balaban J connectivity index is 2.52. The highest BCUT2D eigenvalue weighted by Crippen LogP contribution is 2.17. The summed E-state index contributed by atoms with van der Waals surface area (Å²) < 4.78 is 0. The molecule has 2 nitrogen and oxygen atoms in total. The van der Waals surface area contributed by atoms with E-state index in [-0.39, 0.29) is 5.54 Å². The molecule has 1 N–H and O–H groups in total. The Bertz CT molecular complexity index is 254. The third-order valence-electron chi connectivity index (χ3n) is 2.62. The second-order valence-corrected chi connectivity index (χ2v) is 5.31. The first-order valence-electron chi connectivity index (χ1n) is 4.94. The first kappa shape index (κ1) is 11.7. The van der Waals surface area contributed by atoms with Gasteiger partial charge in [-0.1, -0.05) is 6.07 Å². The average Bonchev–Trinajstić information content (AvgIpc) is 2.56. The summed E-state index contributed by atoms with van der Waals surface area (Å²) >= 11 is 1.82. The third kappa shape index (κ3) is 3.08. The van der Waals surface area contributed by atoms with Crippen LogP contribution in [0.3, 0.4) is 0 Å². The predicted octanol–water partition coefficient (Wildman–Crippen LogP) is 2.18. The van der Waals surface area contributed by atoms with Gasteiger partial charge in [0.15, 0.2) is 0 Å². The van der Waals surface area contributed by atoms with Crippen molar-refractivity contribution in [3.8, 4) is 0 Å². The first-order chi connectivity index (χ1) is 6.56. The van der Waals surface area contributed by atoms with Gasteiger partial charge >= 0.3 is 0 Å². The average molecular weight is 212 g/mol. The fraction of sp³-hybridized carbons (Fsp3) is 0.636. The SMILES string of the molecule is CNCC(C)(C)N(C)Cc1cccs1. The van der Waals surface area contributed by atoms with Crippen LogP contribution in [-0.4, -0.2) is 31.1 Å². The van der Waals surface area contributed by atoms with Gasteiger partial charge in [0.1, 0.15) is 0 Å². The summed E-state index contributed by atoms with van der Waals surface area (Å²) in [6.45, 7) is 6.56. The minimum absolute atomic E-state index is 0.207. The molecule has 0 fully saturated rings. The summed E-state index contributed by atoms with van der Waals surface area (Å²) in [6.07, 6.45) is 0. The van der Waals surface area contributed by atoms with E-state index in [2.05, 4.69) is 48.6 Å². The molecule has 80 valence electrons. The summed E-state index contributed by atoms with van der Waals surface area (Å²) in [4.78, 5) is 3.81. The van der Waals surface area contributed by atoms with Crippen molar-refractivity contribution in [2.45, 2.75) is 25.9 Å². The summed E-state index contributed by atoms with van der Waals surface area (Å²) in [5.41, 5.74) is 0.207. The van der Waals surface area contributed by atoms with Gasteiger partial charge in [-0.05, 0) is 39.4 Å². The Labute approximate surface area is 90.9 Å². The molecule has 0 saturated heterocycles. The Kier molecular flexibility index (Phi) is 4.11. The topological polar surface area (TPSA) is 15.3 Å². The molecule has 0 aliphatic heterocycles. The van der Waals surface area contributed by atoms with Crippen molar-refractivity contribution < 1.29 is 0 Å². The lowest BCUT2D eigenvalue weighted by Crippen LogP contribution is -2.47. The van der Waals surface area contributed by atoms with E-state index in [9.17, 15) is 0 Å². The van der Waals surface area contributed by atoms with Crippen LogP contribution in [-0.2, 0) is 6.54 Å². The van der Waals surface area contributed by atoms with Crippen molar-refractivity contribution in [3.63, 3.8) is 0 Å². The van der Waals surface area contributed by atoms with E-state index in [1.807, 2.05) is 18.4 Å². The lowest BCUT2D eigenvalue weighted by molar-refractivity contribution is 0.149. The summed E-state index contributed by atoms with van der Waals surface area (Å²) in [5.74, 6) is 0. The molecule has 0 spiro atoms.